The summed E-state index contributed by atoms with van der Waals surface area (Å²) in [7, 11) is 0. The molecular formula is C13H20N4O2S. The number of nitrogens with two attached hydrogens (primary N) is 1. The monoisotopic (exact) mass is 296 g/mol. The summed E-state index contributed by atoms with van der Waals surface area (Å²) in [5.74, 6) is 0.593. The number of anilines is 2. The number of hydrogen-bond donors (Lipinski definition) is 3. The number of carbonyl (C=O) groups excluding carboxylic acids is 1. The van der Waals surface area contributed by atoms with E-state index in [1.807, 2.05) is 0 Å². The maximum absolute atomic E-state index is 12.1. The lowest BCUT2D eigenvalue weighted by molar-refractivity contribution is 0.0537. The van der Waals surface area contributed by atoms with E-state index in [-0.39, 0.29) is 5.91 Å². The van der Waals surface area contributed by atoms with E-state index in [9.17, 15) is 4.79 Å². The molecule has 1 atom stereocenters. The first-order chi connectivity index (χ1) is 9.72. The molecule has 1 aromatic rings. The van der Waals surface area contributed by atoms with Crippen LogP contribution in [0, 0.1) is 5.92 Å². The molecule has 2 fully saturated rings. The number of thiazole rings is 1. The minimum absolute atomic E-state index is 0.130. The summed E-state index contributed by atoms with van der Waals surface area (Å²) >= 11 is 1.33. The molecule has 110 valence electrons. The normalized spacial score (nSPS) is 22.5. The van der Waals surface area contributed by atoms with Crippen LogP contribution in [0.2, 0.25) is 0 Å². The van der Waals surface area contributed by atoms with Gasteiger partial charge in [0, 0.05) is 19.2 Å². The van der Waals surface area contributed by atoms with Crippen LogP contribution in [0.1, 0.15) is 35.4 Å². The third kappa shape index (κ3) is 3.40. The first-order valence-electron chi connectivity index (χ1n) is 7.11. The summed E-state index contributed by atoms with van der Waals surface area (Å²) in [5.41, 5.74) is 5.82. The number of aromatic nitrogens is 1. The van der Waals surface area contributed by atoms with Crippen molar-refractivity contribution < 1.29 is 9.53 Å². The number of nitrogens with one attached hydrogen (secondary N) is 2. The maximum Gasteiger partial charge on any atom is 0.265 e. The topological polar surface area (TPSA) is 89.3 Å². The smallest absolute Gasteiger partial charge is 0.265 e. The third-order valence-electron chi connectivity index (χ3n) is 3.57. The van der Waals surface area contributed by atoms with Crippen LogP contribution in [0.4, 0.5) is 10.9 Å². The highest BCUT2D eigenvalue weighted by Crippen LogP contribution is 2.30. The predicted molar refractivity (Wildman–Crippen MR) is 79.0 cm³/mol. The number of ether oxygens (including phenoxy) is 1. The van der Waals surface area contributed by atoms with E-state index >= 15 is 0 Å². The summed E-state index contributed by atoms with van der Waals surface area (Å²) < 4.78 is 5.40. The summed E-state index contributed by atoms with van der Waals surface area (Å²) in [4.78, 5) is 16.8. The van der Waals surface area contributed by atoms with Gasteiger partial charge in [0.05, 0.1) is 6.61 Å². The highest BCUT2D eigenvalue weighted by molar-refractivity contribution is 7.18. The van der Waals surface area contributed by atoms with Crippen molar-refractivity contribution in [3.05, 3.63) is 4.88 Å². The van der Waals surface area contributed by atoms with Gasteiger partial charge in [0.15, 0.2) is 5.13 Å². The number of amides is 1. The molecule has 1 saturated heterocycles. The van der Waals surface area contributed by atoms with Crippen molar-refractivity contribution in [1.29, 1.82) is 0 Å². The average Bonchev–Trinajstić information content (AvgIpc) is 3.19. The number of carbonyl (C=O) groups is 1. The molecule has 2 heterocycles. The summed E-state index contributed by atoms with van der Waals surface area (Å²) in [6.45, 7) is 2.21. The lowest BCUT2D eigenvalue weighted by atomic mass is 10.0. The Morgan fingerprint density at radius 1 is 1.45 bits per heavy atom. The molecule has 20 heavy (non-hydrogen) atoms. The van der Waals surface area contributed by atoms with Crippen LogP contribution < -0.4 is 16.4 Å². The first-order valence-corrected chi connectivity index (χ1v) is 7.93. The Labute approximate surface area is 122 Å². The van der Waals surface area contributed by atoms with E-state index in [1.54, 1.807) is 0 Å². The van der Waals surface area contributed by atoms with Crippen molar-refractivity contribution >= 4 is 28.2 Å². The fourth-order valence-corrected chi connectivity index (χ4v) is 3.12. The number of hydrogen-bond acceptors (Lipinski definition) is 6. The maximum atomic E-state index is 12.1. The molecule has 1 aromatic heterocycles. The van der Waals surface area contributed by atoms with Crippen molar-refractivity contribution in [3.8, 4) is 0 Å². The molecule has 0 bridgehead atoms. The van der Waals surface area contributed by atoms with Crippen molar-refractivity contribution in [2.24, 2.45) is 5.92 Å². The summed E-state index contributed by atoms with van der Waals surface area (Å²) in [5, 5.41) is 6.95. The van der Waals surface area contributed by atoms with Crippen LogP contribution in [0.15, 0.2) is 0 Å². The standard InChI is InChI=1S/C13H20N4O2S/c14-11-10(20-13(17-11)16-9-3-4-9)12(18)15-6-8-2-1-5-19-7-8/h8-9H,1-7,14H2,(H,15,18)(H,16,17). The number of nitrogens with zero attached hydrogens (tertiary/aromatic N) is 1. The quantitative estimate of drug-likeness (QED) is 0.765. The fraction of sp³-hybridized carbons (Fsp3) is 0.692. The number of rotatable bonds is 5. The van der Waals surface area contributed by atoms with Gasteiger partial charge in [0.25, 0.3) is 5.91 Å². The highest BCUT2D eigenvalue weighted by Gasteiger charge is 2.24. The zero-order valence-electron chi connectivity index (χ0n) is 11.4. The molecule has 1 aliphatic heterocycles. The Morgan fingerprint density at radius 2 is 2.30 bits per heavy atom. The second-order valence-corrected chi connectivity index (χ2v) is 6.44. The van der Waals surface area contributed by atoms with E-state index in [0.717, 1.165) is 31.2 Å². The third-order valence-corrected chi connectivity index (χ3v) is 4.57. The first kappa shape index (κ1) is 13.6. The molecule has 7 heteroatoms. The Bertz CT molecular complexity index is 481. The van der Waals surface area contributed by atoms with Gasteiger partial charge in [-0.25, -0.2) is 4.98 Å². The van der Waals surface area contributed by atoms with E-state index in [0.29, 0.717) is 29.2 Å². The van der Waals surface area contributed by atoms with Crippen LogP contribution in [0.25, 0.3) is 0 Å². The molecular weight excluding hydrogens is 276 g/mol. The number of nitrogen functional groups attached to an aromatic ring is 1. The van der Waals surface area contributed by atoms with Gasteiger partial charge in [0.2, 0.25) is 0 Å². The van der Waals surface area contributed by atoms with E-state index in [4.69, 9.17) is 10.5 Å². The van der Waals surface area contributed by atoms with Crippen molar-refractivity contribution in [3.63, 3.8) is 0 Å². The van der Waals surface area contributed by atoms with Crippen LogP contribution in [0.3, 0.4) is 0 Å². The molecule has 4 N–H and O–H groups in total. The molecule has 6 nitrogen and oxygen atoms in total. The second-order valence-electron chi connectivity index (χ2n) is 5.45. The van der Waals surface area contributed by atoms with Crippen LogP contribution in [-0.4, -0.2) is 36.7 Å². The molecule has 2 aliphatic rings. The SMILES string of the molecule is Nc1nc(NC2CC2)sc1C(=O)NCC1CCCOC1. The molecule has 1 amide bonds. The van der Waals surface area contributed by atoms with E-state index < -0.39 is 0 Å². The van der Waals surface area contributed by atoms with Crippen molar-refractivity contribution in [2.75, 3.05) is 30.8 Å². The van der Waals surface area contributed by atoms with E-state index in [1.165, 1.54) is 24.2 Å². The van der Waals surface area contributed by atoms with Gasteiger partial charge in [-0.1, -0.05) is 11.3 Å². The molecule has 0 aromatic carbocycles. The zero-order chi connectivity index (χ0) is 13.9. The summed E-state index contributed by atoms with van der Waals surface area (Å²) in [6.07, 6.45) is 4.51. The van der Waals surface area contributed by atoms with Crippen molar-refractivity contribution in [2.45, 2.75) is 31.7 Å². The minimum atomic E-state index is -0.130. The molecule has 0 radical (unpaired) electrons. The average molecular weight is 296 g/mol. The lowest BCUT2D eigenvalue weighted by Crippen LogP contribution is -2.33. The van der Waals surface area contributed by atoms with Crippen LogP contribution in [0.5, 0.6) is 0 Å². The largest absolute Gasteiger partial charge is 0.382 e. The van der Waals surface area contributed by atoms with E-state index in [2.05, 4.69) is 15.6 Å². The fourth-order valence-electron chi connectivity index (χ4n) is 2.24. The van der Waals surface area contributed by atoms with Gasteiger partial charge in [-0.15, -0.1) is 0 Å². The molecule has 1 saturated carbocycles. The Hall–Kier alpha value is -1.34. The van der Waals surface area contributed by atoms with Gasteiger partial charge in [-0.3, -0.25) is 4.79 Å². The zero-order valence-corrected chi connectivity index (χ0v) is 12.2. The van der Waals surface area contributed by atoms with Crippen molar-refractivity contribution in [1.82, 2.24) is 10.3 Å². The molecule has 1 unspecified atom stereocenters. The van der Waals surface area contributed by atoms with Gasteiger partial charge >= 0.3 is 0 Å². The van der Waals surface area contributed by atoms with Gasteiger partial charge in [-0.05, 0) is 31.6 Å². The highest BCUT2D eigenvalue weighted by atomic mass is 32.1. The van der Waals surface area contributed by atoms with Gasteiger partial charge < -0.3 is 21.1 Å². The predicted octanol–water partition coefficient (Wildman–Crippen LogP) is 1.46. The van der Waals surface area contributed by atoms with Gasteiger partial charge in [-0.2, -0.15) is 0 Å². The molecule has 1 aliphatic carbocycles. The minimum Gasteiger partial charge on any atom is -0.382 e. The Kier molecular flexibility index (Phi) is 4.07. The lowest BCUT2D eigenvalue weighted by Gasteiger charge is -2.21. The Balaban J connectivity index is 1.54. The molecule has 3 rings (SSSR count). The molecule has 0 spiro atoms. The van der Waals surface area contributed by atoms with Crippen LogP contribution in [-0.2, 0) is 4.74 Å². The Morgan fingerprint density at radius 3 is 3.00 bits per heavy atom. The van der Waals surface area contributed by atoms with Gasteiger partial charge in [0.1, 0.15) is 10.7 Å². The summed E-state index contributed by atoms with van der Waals surface area (Å²) in [6, 6.07) is 0.510. The van der Waals surface area contributed by atoms with Crippen LogP contribution >= 0.6 is 11.3 Å². The second kappa shape index (κ2) is 5.97.